The summed E-state index contributed by atoms with van der Waals surface area (Å²) in [7, 11) is 0. The standard InChI is InChI=1S/C13H21N5O2/c1-10(2)18-7-6-16(8-11(18)13(14)20)12(19)9-17-5-3-4-15-17/h3-5,10-11H,6-9H2,1-2H3,(H2,14,20)/t11-/m0/s1. The molecule has 2 rings (SSSR count). The van der Waals surface area contributed by atoms with Gasteiger partial charge in [-0.15, -0.1) is 0 Å². The first-order valence-electron chi connectivity index (χ1n) is 6.79. The SMILES string of the molecule is CC(C)N1CCN(C(=O)Cn2cccn2)C[C@H]1C(N)=O. The van der Waals surface area contributed by atoms with Crippen molar-refractivity contribution in [1.29, 1.82) is 0 Å². The number of rotatable bonds is 4. The van der Waals surface area contributed by atoms with E-state index >= 15 is 0 Å². The molecule has 2 N–H and O–H groups in total. The number of carbonyl (C=O) groups excluding carboxylic acids is 2. The molecular weight excluding hydrogens is 258 g/mol. The molecule has 7 nitrogen and oxygen atoms in total. The number of amides is 2. The van der Waals surface area contributed by atoms with Gasteiger partial charge in [-0.3, -0.25) is 19.2 Å². The summed E-state index contributed by atoms with van der Waals surface area (Å²) < 4.78 is 1.58. The molecule has 1 saturated heterocycles. The van der Waals surface area contributed by atoms with E-state index in [1.807, 2.05) is 18.7 Å². The Morgan fingerprint density at radius 3 is 2.70 bits per heavy atom. The van der Waals surface area contributed by atoms with E-state index in [4.69, 9.17) is 5.73 Å². The average Bonchev–Trinajstić information content (AvgIpc) is 2.90. The van der Waals surface area contributed by atoms with E-state index in [1.54, 1.807) is 28.0 Å². The predicted octanol–water partition coefficient (Wildman–Crippen LogP) is -0.710. The molecule has 0 bridgehead atoms. The number of aromatic nitrogens is 2. The maximum absolute atomic E-state index is 12.2. The number of hydrogen-bond donors (Lipinski definition) is 1. The van der Waals surface area contributed by atoms with Crippen molar-refractivity contribution >= 4 is 11.8 Å². The van der Waals surface area contributed by atoms with Crippen LogP contribution in [0.25, 0.3) is 0 Å². The lowest BCUT2D eigenvalue weighted by Crippen LogP contribution is -2.61. The minimum absolute atomic E-state index is 0.0386. The second-order valence-corrected chi connectivity index (χ2v) is 5.29. The summed E-state index contributed by atoms with van der Waals surface area (Å²) in [6.45, 7) is 5.88. The summed E-state index contributed by atoms with van der Waals surface area (Å²) in [5.74, 6) is -0.418. The summed E-state index contributed by atoms with van der Waals surface area (Å²) in [6.07, 6.45) is 3.38. The fraction of sp³-hybridized carbons (Fsp3) is 0.615. The van der Waals surface area contributed by atoms with Crippen LogP contribution in [0.1, 0.15) is 13.8 Å². The van der Waals surface area contributed by atoms with Crippen LogP contribution < -0.4 is 5.73 Å². The van der Waals surface area contributed by atoms with Crippen LogP contribution in [0.4, 0.5) is 0 Å². The molecule has 0 saturated carbocycles. The van der Waals surface area contributed by atoms with Gasteiger partial charge in [-0.05, 0) is 19.9 Å². The van der Waals surface area contributed by atoms with Gasteiger partial charge >= 0.3 is 0 Å². The van der Waals surface area contributed by atoms with Crippen LogP contribution in [0.2, 0.25) is 0 Å². The fourth-order valence-electron chi connectivity index (χ4n) is 2.53. The zero-order valence-corrected chi connectivity index (χ0v) is 11.9. The highest BCUT2D eigenvalue weighted by atomic mass is 16.2. The monoisotopic (exact) mass is 279 g/mol. The van der Waals surface area contributed by atoms with Gasteiger partial charge in [0, 0.05) is 38.1 Å². The molecule has 0 radical (unpaired) electrons. The molecule has 0 spiro atoms. The Bertz CT molecular complexity index is 471. The van der Waals surface area contributed by atoms with Gasteiger partial charge in [-0.1, -0.05) is 0 Å². The lowest BCUT2D eigenvalue weighted by atomic mass is 10.1. The Labute approximate surface area is 118 Å². The van der Waals surface area contributed by atoms with Gasteiger partial charge in [0.05, 0.1) is 0 Å². The maximum Gasteiger partial charge on any atom is 0.244 e. The van der Waals surface area contributed by atoms with E-state index in [1.165, 1.54) is 0 Å². The van der Waals surface area contributed by atoms with Crippen molar-refractivity contribution in [3.63, 3.8) is 0 Å². The van der Waals surface area contributed by atoms with Crippen molar-refractivity contribution < 1.29 is 9.59 Å². The number of piperazine rings is 1. The Kier molecular flexibility index (Phi) is 4.39. The van der Waals surface area contributed by atoms with Crippen LogP contribution in [-0.4, -0.2) is 63.1 Å². The Hall–Kier alpha value is -1.89. The van der Waals surface area contributed by atoms with Gasteiger partial charge in [0.2, 0.25) is 11.8 Å². The summed E-state index contributed by atoms with van der Waals surface area (Å²) >= 11 is 0. The molecule has 1 aromatic heterocycles. The van der Waals surface area contributed by atoms with E-state index < -0.39 is 6.04 Å². The van der Waals surface area contributed by atoms with E-state index in [2.05, 4.69) is 5.10 Å². The third kappa shape index (κ3) is 3.16. The van der Waals surface area contributed by atoms with Crippen LogP contribution in [0.15, 0.2) is 18.5 Å². The van der Waals surface area contributed by atoms with Crippen molar-refractivity contribution in [3.8, 4) is 0 Å². The lowest BCUT2D eigenvalue weighted by molar-refractivity contribution is -0.138. The molecule has 2 amide bonds. The van der Waals surface area contributed by atoms with Crippen LogP contribution in [0, 0.1) is 0 Å². The van der Waals surface area contributed by atoms with Gasteiger partial charge < -0.3 is 10.6 Å². The minimum Gasteiger partial charge on any atom is -0.368 e. The molecule has 7 heteroatoms. The second kappa shape index (κ2) is 6.04. The van der Waals surface area contributed by atoms with Crippen molar-refractivity contribution in [1.82, 2.24) is 19.6 Å². The van der Waals surface area contributed by atoms with E-state index in [0.717, 1.165) is 0 Å². The number of nitrogens with zero attached hydrogens (tertiary/aromatic N) is 4. The first kappa shape index (κ1) is 14.5. The smallest absolute Gasteiger partial charge is 0.244 e. The number of primary amides is 1. The topological polar surface area (TPSA) is 84.5 Å². The van der Waals surface area contributed by atoms with Crippen LogP contribution in [0.5, 0.6) is 0 Å². The highest BCUT2D eigenvalue weighted by Crippen LogP contribution is 2.13. The highest BCUT2D eigenvalue weighted by Gasteiger charge is 2.34. The van der Waals surface area contributed by atoms with Crippen molar-refractivity contribution in [2.45, 2.75) is 32.5 Å². The first-order valence-corrected chi connectivity index (χ1v) is 6.79. The van der Waals surface area contributed by atoms with E-state index in [9.17, 15) is 9.59 Å². The first-order chi connectivity index (χ1) is 9.49. The fourth-order valence-corrected chi connectivity index (χ4v) is 2.53. The third-order valence-electron chi connectivity index (χ3n) is 3.62. The second-order valence-electron chi connectivity index (χ2n) is 5.29. The molecule has 1 aliphatic rings. The molecule has 1 fully saturated rings. The predicted molar refractivity (Wildman–Crippen MR) is 73.6 cm³/mol. The van der Waals surface area contributed by atoms with Crippen molar-refractivity contribution in [2.24, 2.45) is 5.73 Å². The summed E-state index contributed by atoms with van der Waals surface area (Å²) in [4.78, 5) is 27.5. The molecule has 0 aliphatic carbocycles. The number of hydrogen-bond acceptors (Lipinski definition) is 4. The Balaban J connectivity index is 2.01. The molecule has 20 heavy (non-hydrogen) atoms. The van der Waals surface area contributed by atoms with Gasteiger partial charge in [0.1, 0.15) is 12.6 Å². The number of nitrogens with two attached hydrogens (primary N) is 1. The molecule has 0 unspecified atom stereocenters. The van der Waals surface area contributed by atoms with Crippen molar-refractivity contribution in [3.05, 3.63) is 18.5 Å². The number of carbonyl (C=O) groups is 2. The normalized spacial score (nSPS) is 20.4. The Morgan fingerprint density at radius 2 is 2.15 bits per heavy atom. The van der Waals surface area contributed by atoms with Crippen LogP contribution in [-0.2, 0) is 16.1 Å². The van der Waals surface area contributed by atoms with Gasteiger partial charge in [0.15, 0.2) is 0 Å². The van der Waals surface area contributed by atoms with E-state index in [0.29, 0.717) is 19.6 Å². The molecule has 1 aliphatic heterocycles. The molecule has 1 atom stereocenters. The van der Waals surface area contributed by atoms with Gasteiger partial charge in [0.25, 0.3) is 0 Å². The quantitative estimate of drug-likeness (QED) is 0.789. The molecule has 2 heterocycles. The van der Waals surface area contributed by atoms with E-state index in [-0.39, 0.29) is 24.4 Å². The highest BCUT2D eigenvalue weighted by molar-refractivity contribution is 5.82. The largest absolute Gasteiger partial charge is 0.368 e. The van der Waals surface area contributed by atoms with Crippen LogP contribution >= 0.6 is 0 Å². The lowest BCUT2D eigenvalue weighted by Gasteiger charge is -2.42. The van der Waals surface area contributed by atoms with Gasteiger partial charge in [-0.25, -0.2) is 0 Å². The average molecular weight is 279 g/mol. The summed E-state index contributed by atoms with van der Waals surface area (Å²) in [5.41, 5.74) is 5.46. The zero-order chi connectivity index (χ0) is 14.7. The van der Waals surface area contributed by atoms with Gasteiger partial charge in [-0.2, -0.15) is 5.10 Å². The Morgan fingerprint density at radius 1 is 1.40 bits per heavy atom. The van der Waals surface area contributed by atoms with Crippen molar-refractivity contribution in [2.75, 3.05) is 19.6 Å². The molecular formula is C13H21N5O2. The third-order valence-corrected chi connectivity index (χ3v) is 3.62. The maximum atomic E-state index is 12.2. The molecule has 1 aromatic rings. The summed E-state index contributed by atoms with van der Waals surface area (Å²) in [5, 5.41) is 4.02. The minimum atomic E-state index is -0.412. The van der Waals surface area contributed by atoms with Crippen LogP contribution in [0.3, 0.4) is 0 Å². The summed E-state index contributed by atoms with van der Waals surface area (Å²) in [6, 6.07) is 1.59. The molecule has 110 valence electrons. The molecule has 0 aromatic carbocycles. The zero-order valence-electron chi connectivity index (χ0n) is 11.9.